The Balaban J connectivity index is 2.19. The molecule has 0 spiro atoms. The summed E-state index contributed by atoms with van der Waals surface area (Å²) >= 11 is 0. The van der Waals surface area contributed by atoms with Gasteiger partial charge in [0, 0.05) is 11.6 Å². The Kier molecular flexibility index (Phi) is 3.06. The van der Waals surface area contributed by atoms with Gasteiger partial charge in [-0.25, -0.2) is 0 Å². The third-order valence-electron chi connectivity index (χ3n) is 3.13. The highest BCUT2D eigenvalue weighted by atomic mass is 16.3. The first-order valence-electron chi connectivity index (χ1n) is 6.27. The molecule has 3 heteroatoms. The van der Waals surface area contributed by atoms with Gasteiger partial charge in [0.25, 0.3) is 0 Å². The SMILES string of the molecule is N#CCc1ccc2oc(-c3ccccc3)cc(=O)c2c1. The second kappa shape index (κ2) is 5.02. The van der Waals surface area contributed by atoms with Gasteiger partial charge in [-0.1, -0.05) is 36.4 Å². The Morgan fingerprint density at radius 1 is 1.05 bits per heavy atom. The van der Waals surface area contributed by atoms with Crippen molar-refractivity contribution < 1.29 is 4.42 Å². The van der Waals surface area contributed by atoms with Gasteiger partial charge in [-0.05, 0) is 17.7 Å². The fourth-order valence-electron chi connectivity index (χ4n) is 2.15. The van der Waals surface area contributed by atoms with E-state index in [0.717, 1.165) is 11.1 Å². The fourth-order valence-corrected chi connectivity index (χ4v) is 2.15. The molecule has 1 heterocycles. The van der Waals surface area contributed by atoms with Gasteiger partial charge in [0.05, 0.1) is 17.9 Å². The van der Waals surface area contributed by atoms with E-state index >= 15 is 0 Å². The molecular weight excluding hydrogens is 250 g/mol. The molecule has 0 amide bonds. The first-order chi connectivity index (χ1) is 9.78. The molecular formula is C17H11NO2. The van der Waals surface area contributed by atoms with Gasteiger partial charge in [0.2, 0.25) is 0 Å². The van der Waals surface area contributed by atoms with Crippen LogP contribution >= 0.6 is 0 Å². The van der Waals surface area contributed by atoms with Gasteiger partial charge < -0.3 is 4.42 Å². The summed E-state index contributed by atoms with van der Waals surface area (Å²) < 4.78 is 5.78. The number of benzene rings is 2. The molecule has 0 aliphatic rings. The largest absolute Gasteiger partial charge is 0.456 e. The molecule has 0 aliphatic carbocycles. The lowest BCUT2D eigenvalue weighted by Gasteiger charge is -2.04. The molecule has 0 radical (unpaired) electrons. The Hall–Kier alpha value is -2.86. The third-order valence-corrected chi connectivity index (χ3v) is 3.13. The fraction of sp³-hybridized carbons (Fsp3) is 0.0588. The summed E-state index contributed by atoms with van der Waals surface area (Å²) in [6.07, 6.45) is 0.288. The summed E-state index contributed by atoms with van der Waals surface area (Å²) in [5, 5.41) is 9.21. The molecule has 1 aromatic heterocycles. The van der Waals surface area contributed by atoms with E-state index in [2.05, 4.69) is 6.07 Å². The number of nitriles is 1. The maximum Gasteiger partial charge on any atom is 0.193 e. The van der Waals surface area contributed by atoms with Gasteiger partial charge in [-0.3, -0.25) is 4.79 Å². The van der Waals surface area contributed by atoms with Gasteiger partial charge in [0.1, 0.15) is 11.3 Å². The molecule has 96 valence electrons. The zero-order chi connectivity index (χ0) is 13.9. The number of hydrogen-bond donors (Lipinski definition) is 0. The molecule has 0 unspecified atom stereocenters. The average molecular weight is 261 g/mol. The van der Waals surface area contributed by atoms with Crippen LogP contribution in [0.25, 0.3) is 22.3 Å². The Labute approximate surface area is 115 Å². The lowest BCUT2D eigenvalue weighted by Crippen LogP contribution is -2.01. The molecule has 2 aromatic carbocycles. The summed E-state index contributed by atoms with van der Waals surface area (Å²) in [7, 11) is 0. The van der Waals surface area contributed by atoms with Gasteiger partial charge in [0.15, 0.2) is 5.43 Å². The van der Waals surface area contributed by atoms with Crippen molar-refractivity contribution in [3.05, 3.63) is 70.4 Å². The Morgan fingerprint density at radius 3 is 2.60 bits per heavy atom. The smallest absolute Gasteiger partial charge is 0.193 e. The monoisotopic (exact) mass is 261 g/mol. The van der Waals surface area contributed by atoms with Crippen molar-refractivity contribution in [1.82, 2.24) is 0 Å². The van der Waals surface area contributed by atoms with Gasteiger partial charge in [-0.2, -0.15) is 5.26 Å². The molecule has 0 saturated carbocycles. The van der Waals surface area contributed by atoms with E-state index in [-0.39, 0.29) is 11.8 Å². The molecule has 0 aliphatic heterocycles. The lowest BCUT2D eigenvalue weighted by atomic mass is 10.1. The molecule has 3 nitrogen and oxygen atoms in total. The minimum Gasteiger partial charge on any atom is -0.456 e. The van der Waals surface area contributed by atoms with Crippen molar-refractivity contribution in [3.8, 4) is 17.4 Å². The van der Waals surface area contributed by atoms with Crippen LogP contribution in [-0.4, -0.2) is 0 Å². The van der Waals surface area contributed by atoms with E-state index in [9.17, 15) is 4.79 Å². The zero-order valence-corrected chi connectivity index (χ0v) is 10.7. The molecule has 0 N–H and O–H groups in total. The maximum atomic E-state index is 12.2. The molecule has 3 rings (SSSR count). The third kappa shape index (κ3) is 2.19. The minimum absolute atomic E-state index is 0.0927. The zero-order valence-electron chi connectivity index (χ0n) is 10.7. The van der Waals surface area contributed by atoms with E-state index < -0.39 is 0 Å². The Morgan fingerprint density at radius 2 is 1.85 bits per heavy atom. The number of fused-ring (bicyclic) bond motifs is 1. The average Bonchev–Trinajstić information content (AvgIpc) is 2.49. The normalized spacial score (nSPS) is 10.3. The van der Waals surface area contributed by atoms with Crippen molar-refractivity contribution >= 4 is 11.0 Å². The highest BCUT2D eigenvalue weighted by Crippen LogP contribution is 2.22. The van der Waals surface area contributed by atoms with Crippen LogP contribution in [-0.2, 0) is 6.42 Å². The van der Waals surface area contributed by atoms with Crippen molar-refractivity contribution in [2.75, 3.05) is 0 Å². The van der Waals surface area contributed by atoms with E-state index in [0.29, 0.717) is 16.7 Å². The van der Waals surface area contributed by atoms with Crippen LogP contribution in [0.4, 0.5) is 0 Å². The standard InChI is InChI=1S/C17H11NO2/c18-9-8-12-6-7-16-14(10-12)15(19)11-17(20-16)13-4-2-1-3-5-13/h1-7,10-11H,8H2. The van der Waals surface area contributed by atoms with E-state index in [1.807, 2.05) is 36.4 Å². The molecule has 20 heavy (non-hydrogen) atoms. The minimum atomic E-state index is -0.0927. The quantitative estimate of drug-likeness (QED) is 0.709. The van der Waals surface area contributed by atoms with E-state index in [1.165, 1.54) is 6.07 Å². The van der Waals surface area contributed by atoms with Crippen LogP contribution < -0.4 is 5.43 Å². The van der Waals surface area contributed by atoms with Crippen molar-refractivity contribution in [2.45, 2.75) is 6.42 Å². The second-order valence-electron chi connectivity index (χ2n) is 4.51. The maximum absolute atomic E-state index is 12.2. The number of rotatable bonds is 2. The summed E-state index contributed by atoms with van der Waals surface area (Å²) in [5.74, 6) is 0.552. The van der Waals surface area contributed by atoms with Crippen molar-refractivity contribution in [3.63, 3.8) is 0 Å². The molecule has 0 saturated heterocycles. The Bertz CT molecular complexity index is 858. The van der Waals surface area contributed by atoms with Crippen molar-refractivity contribution in [2.24, 2.45) is 0 Å². The number of nitrogens with zero attached hydrogens (tertiary/aromatic N) is 1. The highest BCUT2D eigenvalue weighted by molar-refractivity contribution is 5.79. The van der Waals surface area contributed by atoms with Crippen LogP contribution in [0.1, 0.15) is 5.56 Å². The molecule has 0 bridgehead atoms. The molecule has 0 fully saturated rings. The predicted octanol–water partition coefficient (Wildman–Crippen LogP) is 3.53. The second-order valence-corrected chi connectivity index (χ2v) is 4.51. The van der Waals surface area contributed by atoms with Gasteiger partial charge >= 0.3 is 0 Å². The van der Waals surface area contributed by atoms with Crippen LogP contribution in [0.5, 0.6) is 0 Å². The highest BCUT2D eigenvalue weighted by Gasteiger charge is 2.07. The molecule has 3 aromatic rings. The van der Waals surface area contributed by atoms with Gasteiger partial charge in [-0.15, -0.1) is 0 Å². The molecule has 0 atom stereocenters. The van der Waals surface area contributed by atoms with Crippen LogP contribution in [0.15, 0.2) is 63.8 Å². The summed E-state index contributed by atoms with van der Waals surface area (Å²) in [4.78, 5) is 12.2. The predicted molar refractivity (Wildman–Crippen MR) is 77.2 cm³/mol. The first-order valence-corrected chi connectivity index (χ1v) is 6.27. The van der Waals surface area contributed by atoms with E-state index in [4.69, 9.17) is 9.68 Å². The van der Waals surface area contributed by atoms with Crippen LogP contribution in [0.3, 0.4) is 0 Å². The number of hydrogen-bond acceptors (Lipinski definition) is 3. The van der Waals surface area contributed by atoms with E-state index in [1.54, 1.807) is 12.1 Å². The summed E-state index contributed by atoms with van der Waals surface area (Å²) in [6, 6.07) is 18.3. The van der Waals surface area contributed by atoms with Crippen molar-refractivity contribution in [1.29, 1.82) is 5.26 Å². The summed E-state index contributed by atoms with van der Waals surface area (Å²) in [6.45, 7) is 0. The van der Waals surface area contributed by atoms with Crippen LogP contribution in [0, 0.1) is 11.3 Å². The first kappa shape index (κ1) is 12.2. The lowest BCUT2D eigenvalue weighted by molar-refractivity contribution is 0.619. The summed E-state index contributed by atoms with van der Waals surface area (Å²) in [5.41, 5.74) is 2.13. The van der Waals surface area contributed by atoms with Crippen LogP contribution in [0.2, 0.25) is 0 Å². The topological polar surface area (TPSA) is 54.0 Å².